The average Bonchev–Trinajstić information content (AvgIpc) is 3.34. The Balaban J connectivity index is 1.90. The van der Waals surface area contributed by atoms with E-state index in [9.17, 15) is 18.0 Å². The van der Waals surface area contributed by atoms with Gasteiger partial charge in [0.15, 0.2) is 9.84 Å². The van der Waals surface area contributed by atoms with Crippen LogP contribution in [0.2, 0.25) is 5.02 Å². The van der Waals surface area contributed by atoms with Gasteiger partial charge in [0, 0.05) is 10.4 Å². The van der Waals surface area contributed by atoms with Crippen LogP contribution >= 0.6 is 11.6 Å². The fraction of sp³-hybridized carbons (Fsp3) is 0.429. The number of hydrogen-bond acceptors (Lipinski definition) is 8. The van der Waals surface area contributed by atoms with Crippen LogP contribution in [0.15, 0.2) is 45.7 Å². The molecular weight excluding hydrogens is 575 g/mol. The highest BCUT2D eigenvalue weighted by atomic mass is 35.5. The van der Waals surface area contributed by atoms with Crippen LogP contribution in [0.25, 0.3) is 11.5 Å². The predicted octanol–water partition coefficient (Wildman–Crippen LogP) is 5.43. The molecule has 0 unspecified atom stereocenters. The molecule has 1 aromatic heterocycles. The average molecular weight is 607 g/mol. The number of fused-ring (bicyclic) bond motifs is 1. The van der Waals surface area contributed by atoms with E-state index >= 15 is 4.39 Å². The van der Waals surface area contributed by atoms with Gasteiger partial charge in [0.05, 0.1) is 27.9 Å². The molecule has 0 saturated heterocycles. The first kappa shape index (κ1) is 30.4. The van der Waals surface area contributed by atoms with Gasteiger partial charge in [-0.05, 0) is 57.5 Å². The molecule has 41 heavy (non-hydrogen) atoms. The number of aromatic nitrogens is 2. The number of benzene rings is 2. The number of nitrogens with one attached hydrogen (secondary N) is 1. The fourth-order valence-corrected chi connectivity index (χ4v) is 6.00. The van der Waals surface area contributed by atoms with Gasteiger partial charge >= 0.3 is 6.09 Å². The number of carbonyl (C=O) groups excluding carboxylic acids is 2. The van der Waals surface area contributed by atoms with Crippen LogP contribution in [0, 0.1) is 5.82 Å². The Bertz CT molecular complexity index is 1590. The molecule has 1 aliphatic rings. The summed E-state index contributed by atoms with van der Waals surface area (Å²) in [6.07, 6.45) is -0.970. The van der Waals surface area contributed by atoms with Crippen molar-refractivity contribution in [2.45, 2.75) is 82.2 Å². The molecule has 0 saturated carbocycles. The molecular formula is C28H32ClFN4O6S. The number of carbonyl (C=O) groups is 2. The Labute approximate surface area is 243 Å². The molecule has 0 radical (unpaired) electrons. The number of ether oxygens (including phenoxy) is 1. The quantitative estimate of drug-likeness (QED) is 0.416. The number of halogens is 2. The van der Waals surface area contributed by atoms with Crippen LogP contribution in [-0.2, 0) is 31.3 Å². The number of anilines is 1. The summed E-state index contributed by atoms with van der Waals surface area (Å²) in [6, 6.07) is 7.10. The summed E-state index contributed by atoms with van der Waals surface area (Å²) in [4.78, 5) is 27.5. The van der Waals surface area contributed by atoms with Gasteiger partial charge in [-0.25, -0.2) is 17.6 Å². The van der Waals surface area contributed by atoms with Crippen molar-refractivity contribution >= 4 is 39.1 Å². The van der Waals surface area contributed by atoms with E-state index in [0.29, 0.717) is 10.6 Å². The maximum atomic E-state index is 15.6. The SMILES string of the molecule is C[C@@H]1[C@H](NC(=O)OC(C)(C)C)C(=O)N(Cc2ccc(Cl)cc2)c2cc(-c3nnc(C(C)(C)C)o3)c(F)cc2S1(=O)=O. The van der Waals surface area contributed by atoms with E-state index in [1.165, 1.54) is 17.9 Å². The molecule has 0 bridgehead atoms. The van der Waals surface area contributed by atoms with Crippen molar-refractivity contribution in [1.82, 2.24) is 15.5 Å². The van der Waals surface area contributed by atoms with Crippen molar-refractivity contribution in [3.63, 3.8) is 0 Å². The molecule has 2 aromatic carbocycles. The van der Waals surface area contributed by atoms with Crippen molar-refractivity contribution in [3.8, 4) is 11.5 Å². The minimum atomic E-state index is -4.36. The van der Waals surface area contributed by atoms with Crippen molar-refractivity contribution in [2.24, 2.45) is 0 Å². The van der Waals surface area contributed by atoms with Crippen LogP contribution in [0.4, 0.5) is 14.9 Å². The highest BCUT2D eigenvalue weighted by Gasteiger charge is 2.45. The first-order chi connectivity index (χ1) is 18.9. The van der Waals surface area contributed by atoms with E-state index in [1.807, 2.05) is 20.8 Å². The summed E-state index contributed by atoms with van der Waals surface area (Å²) >= 11 is 6.03. The number of amides is 2. The van der Waals surface area contributed by atoms with Gasteiger partial charge in [-0.15, -0.1) is 10.2 Å². The third-order valence-electron chi connectivity index (χ3n) is 6.36. The molecule has 2 heterocycles. The van der Waals surface area contributed by atoms with E-state index in [0.717, 1.165) is 6.07 Å². The molecule has 0 fully saturated rings. The van der Waals surface area contributed by atoms with Crippen LogP contribution in [0.3, 0.4) is 0 Å². The topological polar surface area (TPSA) is 132 Å². The number of alkyl carbamates (subject to hydrolysis) is 1. The third kappa shape index (κ3) is 6.38. The summed E-state index contributed by atoms with van der Waals surface area (Å²) in [5.41, 5.74) is -1.10. The lowest BCUT2D eigenvalue weighted by molar-refractivity contribution is -0.120. The Hall–Kier alpha value is -3.51. The monoisotopic (exact) mass is 606 g/mol. The van der Waals surface area contributed by atoms with E-state index < -0.39 is 54.9 Å². The van der Waals surface area contributed by atoms with Gasteiger partial charge in [0.1, 0.15) is 17.5 Å². The normalized spacial score (nSPS) is 19.0. The molecule has 2 amide bonds. The minimum Gasteiger partial charge on any atom is -0.444 e. The summed E-state index contributed by atoms with van der Waals surface area (Å²) in [7, 11) is -4.36. The molecule has 1 aliphatic heterocycles. The molecule has 0 spiro atoms. The second-order valence-corrected chi connectivity index (χ2v) is 14.6. The van der Waals surface area contributed by atoms with Crippen molar-refractivity contribution < 1.29 is 31.6 Å². The van der Waals surface area contributed by atoms with Crippen molar-refractivity contribution in [2.75, 3.05) is 4.90 Å². The first-order valence-electron chi connectivity index (χ1n) is 12.9. The van der Waals surface area contributed by atoms with Gasteiger partial charge in [-0.3, -0.25) is 4.79 Å². The molecule has 13 heteroatoms. The third-order valence-corrected chi connectivity index (χ3v) is 8.80. The lowest BCUT2D eigenvalue weighted by atomic mass is 9.97. The van der Waals surface area contributed by atoms with Gasteiger partial charge < -0.3 is 19.4 Å². The minimum absolute atomic E-state index is 0.0998. The molecule has 4 rings (SSSR count). The van der Waals surface area contributed by atoms with Gasteiger partial charge in [0.25, 0.3) is 11.8 Å². The van der Waals surface area contributed by atoms with Gasteiger partial charge in [-0.1, -0.05) is 44.5 Å². The van der Waals surface area contributed by atoms with E-state index in [1.54, 1.807) is 45.0 Å². The number of nitrogens with zero attached hydrogens (tertiary/aromatic N) is 3. The van der Waals surface area contributed by atoms with Gasteiger partial charge in [0.2, 0.25) is 5.89 Å². The Morgan fingerprint density at radius 3 is 2.32 bits per heavy atom. The Kier molecular flexibility index (Phi) is 7.96. The van der Waals surface area contributed by atoms with Crippen LogP contribution in [0.1, 0.15) is 59.9 Å². The van der Waals surface area contributed by atoms with Crippen LogP contribution in [-0.4, -0.2) is 47.5 Å². The largest absolute Gasteiger partial charge is 0.444 e. The maximum Gasteiger partial charge on any atom is 0.408 e. The van der Waals surface area contributed by atoms with E-state index in [-0.39, 0.29) is 29.6 Å². The van der Waals surface area contributed by atoms with Crippen LogP contribution < -0.4 is 10.2 Å². The maximum absolute atomic E-state index is 15.6. The Morgan fingerprint density at radius 1 is 1.12 bits per heavy atom. The van der Waals surface area contributed by atoms with E-state index in [4.69, 9.17) is 20.8 Å². The van der Waals surface area contributed by atoms with Crippen molar-refractivity contribution in [3.05, 3.63) is 58.7 Å². The first-order valence-corrected chi connectivity index (χ1v) is 14.8. The Morgan fingerprint density at radius 2 is 1.76 bits per heavy atom. The van der Waals surface area contributed by atoms with Crippen molar-refractivity contribution in [1.29, 1.82) is 0 Å². The van der Waals surface area contributed by atoms with Crippen LogP contribution in [0.5, 0.6) is 0 Å². The smallest absolute Gasteiger partial charge is 0.408 e. The van der Waals surface area contributed by atoms with E-state index in [2.05, 4.69) is 15.5 Å². The summed E-state index contributed by atoms with van der Waals surface area (Å²) in [5.74, 6) is -1.59. The second kappa shape index (κ2) is 10.7. The zero-order valence-electron chi connectivity index (χ0n) is 23.8. The highest BCUT2D eigenvalue weighted by molar-refractivity contribution is 7.92. The number of hydrogen-bond donors (Lipinski definition) is 1. The number of rotatable bonds is 4. The lowest BCUT2D eigenvalue weighted by Gasteiger charge is -2.28. The highest BCUT2D eigenvalue weighted by Crippen LogP contribution is 2.39. The molecule has 1 N–H and O–H groups in total. The molecule has 3 aromatic rings. The zero-order valence-corrected chi connectivity index (χ0v) is 25.4. The second-order valence-electron chi connectivity index (χ2n) is 11.9. The molecule has 2 atom stereocenters. The van der Waals surface area contributed by atoms with Gasteiger partial charge in [-0.2, -0.15) is 0 Å². The standard InChI is InChI=1S/C28H32ClFN4O6S/c1-15-22(31-26(36)40-28(5,6)7)24(35)34(14-16-8-10-17(29)11-9-16)20-12-18(19(30)13-21(20)41(15,37)38)23-32-33-25(39-23)27(2,3)4/h8-13,15,22H,14H2,1-7H3,(H,31,36)/t15-,22+/m1/s1. The predicted molar refractivity (Wildman–Crippen MR) is 151 cm³/mol. The summed E-state index contributed by atoms with van der Waals surface area (Å²) in [6.45, 7) is 11.6. The lowest BCUT2D eigenvalue weighted by Crippen LogP contribution is -2.54. The molecule has 10 nitrogen and oxygen atoms in total. The fourth-order valence-electron chi connectivity index (χ4n) is 4.20. The molecule has 0 aliphatic carbocycles. The molecule has 220 valence electrons. The summed E-state index contributed by atoms with van der Waals surface area (Å²) in [5, 5.41) is 9.40. The number of sulfone groups is 1. The zero-order chi connectivity index (χ0) is 30.5. The summed E-state index contributed by atoms with van der Waals surface area (Å²) < 4.78 is 54.2.